The predicted octanol–water partition coefficient (Wildman–Crippen LogP) is 4.13. The number of amides is 2. The fourth-order valence-corrected chi connectivity index (χ4v) is 5.35. The predicted molar refractivity (Wildman–Crippen MR) is 119 cm³/mol. The van der Waals surface area contributed by atoms with Crippen LogP contribution in [0.5, 0.6) is 5.75 Å². The number of hydrogen-bond acceptors (Lipinski definition) is 4. The van der Waals surface area contributed by atoms with Crippen molar-refractivity contribution in [3.8, 4) is 5.75 Å². The second kappa shape index (κ2) is 8.80. The second-order valence-electron chi connectivity index (χ2n) is 8.84. The van der Waals surface area contributed by atoms with Crippen molar-refractivity contribution in [2.24, 2.45) is 0 Å². The molecule has 6 heteroatoms. The lowest BCUT2D eigenvalue weighted by atomic mass is 9.76. The SMILES string of the molecule is CC(C)NC(=O)C[C@H]1CC2(CCN(C(=O)Cc3ccsc3)CC2)Oc2ccccc21. The summed E-state index contributed by atoms with van der Waals surface area (Å²) in [5.74, 6) is 1.31. The van der Waals surface area contributed by atoms with Crippen molar-refractivity contribution < 1.29 is 14.3 Å². The number of nitrogens with zero attached hydrogens (tertiary/aromatic N) is 1. The van der Waals surface area contributed by atoms with Crippen LogP contribution >= 0.6 is 11.3 Å². The van der Waals surface area contributed by atoms with E-state index in [1.807, 2.05) is 53.8 Å². The highest BCUT2D eigenvalue weighted by Gasteiger charge is 2.44. The van der Waals surface area contributed by atoms with E-state index < -0.39 is 0 Å². The smallest absolute Gasteiger partial charge is 0.227 e. The Balaban J connectivity index is 1.44. The maximum Gasteiger partial charge on any atom is 0.227 e. The molecule has 160 valence electrons. The molecule has 2 aromatic rings. The van der Waals surface area contributed by atoms with Gasteiger partial charge >= 0.3 is 0 Å². The molecule has 1 aromatic carbocycles. The number of nitrogens with one attached hydrogen (secondary N) is 1. The number of ether oxygens (including phenoxy) is 1. The topological polar surface area (TPSA) is 58.6 Å². The van der Waals surface area contributed by atoms with E-state index in [0.717, 1.165) is 36.1 Å². The quantitative estimate of drug-likeness (QED) is 0.782. The molecule has 1 saturated heterocycles. The van der Waals surface area contributed by atoms with Crippen molar-refractivity contribution in [2.75, 3.05) is 13.1 Å². The van der Waals surface area contributed by atoms with Gasteiger partial charge in [0.25, 0.3) is 0 Å². The summed E-state index contributed by atoms with van der Waals surface area (Å²) >= 11 is 1.62. The van der Waals surface area contributed by atoms with Crippen molar-refractivity contribution in [1.82, 2.24) is 10.2 Å². The number of hydrogen-bond donors (Lipinski definition) is 1. The van der Waals surface area contributed by atoms with Gasteiger partial charge in [-0.3, -0.25) is 9.59 Å². The molecule has 1 fully saturated rings. The summed E-state index contributed by atoms with van der Waals surface area (Å²) in [5.41, 5.74) is 1.92. The van der Waals surface area contributed by atoms with Crippen LogP contribution in [0.25, 0.3) is 0 Å². The van der Waals surface area contributed by atoms with Crippen LogP contribution in [-0.2, 0) is 16.0 Å². The average Bonchev–Trinajstić information content (AvgIpc) is 3.21. The zero-order chi connectivity index (χ0) is 21.1. The molecule has 4 rings (SSSR count). The Morgan fingerprint density at radius 2 is 2.00 bits per heavy atom. The second-order valence-corrected chi connectivity index (χ2v) is 9.62. The minimum absolute atomic E-state index is 0.0882. The molecule has 1 aromatic heterocycles. The van der Waals surface area contributed by atoms with Gasteiger partial charge in [0.15, 0.2) is 0 Å². The first kappa shape index (κ1) is 20.9. The monoisotopic (exact) mass is 426 g/mol. The van der Waals surface area contributed by atoms with Crippen LogP contribution in [-0.4, -0.2) is 41.4 Å². The summed E-state index contributed by atoms with van der Waals surface area (Å²) in [5, 5.41) is 7.07. The number of piperidine rings is 1. The van der Waals surface area contributed by atoms with Gasteiger partial charge in [0.2, 0.25) is 11.8 Å². The Morgan fingerprint density at radius 1 is 1.23 bits per heavy atom. The minimum Gasteiger partial charge on any atom is -0.487 e. The number of thiophene rings is 1. The lowest BCUT2D eigenvalue weighted by molar-refractivity contribution is -0.134. The summed E-state index contributed by atoms with van der Waals surface area (Å²) in [4.78, 5) is 27.1. The third-order valence-corrected chi connectivity index (χ3v) is 6.88. The normalized spacial score (nSPS) is 20.0. The van der Waals surface area contributed by atoms with Crippen LogP contribution < -0.4 is 10.1 Å². The van der Waals surface area contributed by atoms with Gasteiger partial charge in [-0.2, -0.15) is 11.3 Å². The van der Waals surface area contributed by atoms with E-state index in [1.54, 1.807) is 11.3 Å². The summed E-state index contributed by atoms with van der Waals surface area (Å²) < 4.78 is 6.52. The molecule has 0 bridgehead atoms. The van der Waals surface area contributed by atoms with Crippen LogP contribution in [0.1, 0.15) is 56.6 Å². The molecule has 1 atom stereocenters. The van der Waals surface area contributed by atoms with Gasteiger partial charge in [0.05, 0.1) is 6.42 Å². The van der Waals surface area contributed by atoms with E-state index in [4.69, 9.17) is 4.74 Å². The highest BCUT2D eigenvalue weighted by atomic mass is 32.1. The highest BCUT2D eigenvalue weighted by Crippen LogP contribution is 2.46. The van der Waals surface area contributed by atoms with Crippen molar-refractivity contribution in [3.05, 3.63) is 52.2 Å². The molecule has 2 aliphatic rings. The van der Waals surface area contributed by atoms with Gasteiger partial charge < -0.3 is 15.0 Å². The minimum atomic E-state index is -0.295. The van der Waals surface area contributed by atoms with E-state index >= 15 is 0 Å². The number of carbonyl (C=O) groups is 2. The van der Waals surface area contributed by atoms with Crippen molar-refractivity contribution in [2.45, 2.75) is 63.5 Å². The molecule has 2 aliphatic heterocycles. The van der Waals surface area contributed by atoms with Crippen molar-refractivity contribution >= 4 is 23.2 Å². The largest absolute Gasteiger partial charge is 0.487 e. The molecule has 30 heavy (non-hydrogen) atoms. The van der Waals surface area contributed by atoms with Gasteiger partial charge in [-0.1, -0.05) is 18.2 Å². The highest BCUT2D eigenvalue weighted by molar-refractivity contribution is 7.08. The van der Waals surface area contributed by atoms with Gasteiger partial charge in [-0.05, 0) is 54.3 Å². The third-order valence-electron chi connectivity index (χ3n) is 6.15. The van der Waals surface area contributed by atoms with Gasteiger partial charge in [0.1, 0.15) is 11.4 Å². The van der Waals surface area contributed by atoms with Crippen LogP contribution in [0.4, 0.5) is 0 Å². The third kappa shape index (κ3) is 4.69. The first-order chi connectivity index (χ1) is 14.4. The van der Waals surface area contributed by atoms with E-state index in [-0.39, 0.29) is 29.4 Å². The molecule has 0 aliphatic carbocycles. The summed E-state index contributed by atoms with van der Waals surface area (Å²) in [6.45, 7) is 5.38. The molecule has 2 amide bonds. The number of rotatable bonds is 5. The Kier molecular flexibility index (Phi) is 6.14. The summed E-state index contributed by atoms with van der Waals surface area (Å²) in [6.07, 6.45) is 3.37. The van der Waals surface area contributed by atoms with E-state index in [1.165, 1.54) is 0 Å². The first-order valence-electron chi connectivity index (χ1n) is 10.8. The van der Waals surface area contributed by atoms with Gasteiger partial charge in [0, 0.05) is 44.3 Å². The lowest BCUT2D eigenvalue weighted by Crippen LogP contribution is -2.52. The number of para-hydroxylation sites is 1. The fourth-order valence-electron chi connectivity index (χ4n) is 4.68. The van der Waals surface area contributed by atoms with E-state index in [2.05, 4.69) is 11.4 Å². The number of carbonyl (C=O) groups excluding carboxylic acids is 2. The van der Waals surface area contributed by atoms with E-state index in [9.17, 15) is 9.59 Å². The standard InChI is InChI=1S/C24H30N2O3S/c1-17(2)25-22(27)14-19-15-24(29-21-6-4-3-5-20(19)21)8-10-26(11-9-24)23(28)13-18-7-12-30-16-18/h3-7,12,16-17,19H,8-11,13-15H2,1-2H3,(H,25,27)/t19-/m0/s1. The van der Waals surface area contributed by atoms with E-state index in [0.29, 0.717) is 25.9 Å². The van der Waals surface area contributed by atoms with Crippen LogP contribution in [0, 0.1) is 0 Å². The molecule has 0 unspecified atom stereocenters. The molecule has 0 radical (unpaired) electrons. The van der Waals surface area contributed by atoms with Gasteiger partial charge in [-0.15, -0.1) is 0 Å². The maximum absolute atomic E-state index is 12.7. The molecular formula is C24H30N2O3S. The Morgan fingerprint density at radius 3 is 2.70 bits per heavy atom. The maximum atomic E-state index is 12.7. The molecule has 1 spiro atoms. The average molecular weight is 427 g/mol. The Labute approximate surface area is 182 Å². The Bertz CT molecular complexity index is 886. The van der Waals surface area contributed by atoms with Crippen molar-refractivity contribution in [1.29, 1.82) is 0 Å². The van der Waals surface area contributed by atoms with Crippen LogP contribution in [0.3, 0.4) is 0 Å². The summed E-state index contributed by atoms with van der Waals surface area (Å²) in [7, 11) is 0. The fraction of sp³-hybridized carbons (Fsp3) is 0.500. The van der Waals surface area contributed by atoms with Crippen LogP contribution in [0.2, 0.25) is 0 Å². The lowest BCUT2D eigenvalue weighted by Gasteiger charge is -2.47. The molecule has 5 nitrogen and oxygen atoms in total. The molecule has 1 N–H and O–H groups in total. The molecular weight excluding hydrogens is 396 g/mol. The molecule has 0 saturated carbocycles. The zero-order valence-corrected chi connectivity index (χ0v) is 18.5. The van der Waals surface area contributed by atoms with Crippen LogP contribution in [0.15, 0.2) is 41.1 Å². The zero-order valence-electron chi connectivity index (χ0n) is 17.7. The molecule has 3 heterocycles. The summed E-state index contributed by atoms with van der Waals surface area (Å²) in [6, 6.07) is 10.2. The van der Waals surface area contributed by atoms with Gasteiger partial charge in [-0.25, -0.2) is 0 Å². The Hall–Kier alpha value is -2.34. The number of benzene rings is 1. The number of fused-ring (bicyclic) bond motifs is 1. The first-order valence-corrected chi connectivity index (χ1v) is 11.7. The van der Waals surface area contributed by atoms with Crippen molar-refractivity contribution in [3.63, 3.8) is 0 Å². The number of likely N-dealkylation sites (tertiary alicyclic amines) is 1.